The molecule has 1 saturated heterocycles. The van der Waals surface area contributed by atoms with E-state index in [0.29, 0.717) is 29.2 Å². The number of Topliss-reactive ketones (excluding diaryl/α,β-unsaturated/α-hetero) is 1. The molecule has 1 heterocycles. The summed E-state index contributed by atoms with van der Waals surface area (Å²) in [5, 5.41) is 11.3. The molecule has 7 nitrogen and oxygen atoms in total. The van der Waals surface area contributed by atoms with Gasteiger partial charge in [0.25, 0.3) is 11.7 Å². The Morgan fingerprint density at radius 3 is 2.37 bits per heavy atom. The van der Waals surface area contributed by atoms with Crippen molar-refractivity contribution in [3.05, 3.63) is 101 Å². The number of methoxy groups -OCH3 is 1. The number of anilines is 1. The van der Waals surface area contributed by atoms with E-state index in [-0.39, 0.29) is 16.9 Å². The second kappa shape index (κ2) is 10.3. The predicted molar refractivity (Wildman–Crippen MR) is 131 cm³/mol. The van der Waals surface area contributed by atoms with Crippen LogP contribution in [0.5, 0.6) is 5.75 Å². The van der Waals surface area contributed by atoms with Crippen LogP contribution < -0.4 is 9.64 Å². The summed E-state index contributed by atoms with van der Waals surface area (Å²) in [6.45, 7) is 2.50. The van der Waals surface area contributed by atoms with Crippen LogP contribution in [0.15, 0.2) is 84.4 Å². The molecular weight excluding hydrogens is 446 g/mol. The molecule has 4 rings (SSSR count). The molecule has 0 spiro atoms. The summed E-state index contributed by atoms with van der Waals surface area (Å²) in [5.74, 6) is -1.94. The van der Waals surface area contributed by atoms with E-state index in [0.717, 1.165) is 6.42 Å². The van der Waals surface area contributed by atoms with Gasteiger partial charge in [0.05, 0.1) is 30.9 Å². The summed E-state index contributed by atoms with van der Waals surface area (Å²) >= 11 is 0. The van der Waals surface area contributed by atoms with Crippen molar-refractivity contribution in [1.82, 2.24) is 0 Å². The van der Waals surface area contributed by atoms with E-state index in [1.807, 2.05) is 13.0 Å². The smallest absolute Gasteiger partial charge is 0.337 e. The molecule has 3 aromatic rings. The number of hydrogen-bond acceptors (Lipinski definition) is 6. The number of aliphatic hydroxyl groups excluding tert-OH is 1. The second-order valence-electron chi connectivity index (χ2n) is 8.00. The first kappa shape index (κ1) is 23.8. The molecule has 0 aromatic heterocycles. The van der Waals surface area contributed by atoms with Crippen molar-refractivity contribution in [3.63, 3.8) is 0 Å². The van der Waals surface area contributed by atoms with Crippen molar-refractivity contribution in [1.29, 1.82) is 0 Å². The molecule has 1 amide bonds. The lowest BCUT2D eigenvalue weighted by molar-refractivity contribution is -0.132. The minimum atomic E-state index is -0.899. The molecule has 1 aliphatic rings. The maximum absolute atomic E-state index is 13.3. The number of ether oxygens (including phenoxy) is 2. The lowest BCUT2D eigenvalue weighted by atomic mass is 9.95. The van der Waals surface area contributed by atoms with E-state index in [9.17, 15) is 19.5 Å². The molecule has 1 fully saturated rings. The van der Waals surface area contributed by atoms with E-state index in [2.05, 4.69) is 0 Å². The fourth-order valence-corrected chi connectivity index (χ4v) is 4.06. The van der Waals surface area contributed by atoms with Gasteiger partial charge in [0.15, 0.2) is 0 Å². The Bertz CT molecular complexity index is 1300. The highest BCUT2D eigenvalue weighted by molar-refractivity contribution is 6.51. The summed E-state index contributed by atoms with van der Waals surface area (Å²) in [5.41, 5.74) is 1.52. The van der Waals surface area contributed by atoms with Gasteiger partial charge in [-0.05, 0) is 42.3 Å². The van der Waals surface area contributed by atoms with Crippen LogP contribution in [0.1, 0.15) is 40.9 Å². The zero-order valence-corrected chi connectivity index (χ0v) is 19.4. The fourth-order valence-electron chi connectivity index (χ4n) is 4.06. The van der Waals surface area contributed by atoms with Crippen LogP contribution in [0.25, 0.3) is 5.76 Å². The molecule has 1 atom stereocenters. The molecule has 7 heteroatoms. The minimum absolute atomic E-state index is 0.0442. The van der Waals surface area contributed by atoms with E-state index in [1.165, 1.54) is 18.1 Å². The quantitative estimate of drug-likeness (QED) is 0.228. The van der Waals surface area contributed by atoms with Gasteiger partial charge in [-0.15, -0.1) is 0 Å². The number of aliphatic hydroxyl groups is 1. The van der Waals surface area contributed by atoms with Gasteiger partial charge in [0.1, 0.15) is 11.5 Å². The van der Waals surface area contributed by atoms with Crippen LogP contribution in [-0.2, 0) is 14.3 Å². The molecule has 178 valence electrons. The van der Waals surface area contributed by atoms with Crippen LogP contribution in [0.2, 0.25) is 0 Å². The normalized spacial score (nSPS) is 16.9. The van der Waals surface area contributed by atoms with Crippen molar-refractivity contribution < 1.29 is 29.0 Å². The average molecular weight is 472 g/mol. The SMILES string of the molecule is CCCOc1cccc(/C(O)=C2\C(=O)C(=O)N(c3cccc(C(=O)OC)c3)C2c2ccccc2)c1. The topological polar surface area (TPSA) is 93.1 Å². The van der Waals surface area contributed by atoms with Gasteiger partial charge < -0.3 is 14.6 Å². The molecule has 35 heavy (non-hydrogen) atoms. The van der Waals surface area contributed by atoms with Crippen LogP contribution in [0.3, 0.4) is 0 Å². The number of rotatable bonds is 7. The fraction of sp³-hybridized carbons (Fsp3) is 0.179. The maximum atomic E-state index is 13.3. The third-order valence-electron chi connectivity index (χ3n) is 5.69. The average Bonchev–Trinajstić information content (AvgIpc) is 3.17. The van der Waals surface area contributed by atoms with Gasteiger partial charge in [-0.3, -0.25) is 14.5 Å². The van der Waals surface area contributed by atoms with E-state index in [4.69, 9.17) is 9.47 Å². The summed E-state index contributed by atoms with van der Waals surface area (Å²) in [6, 6.07) is 21.1. The highest BCUT2D eigenvalue weighted by Gasteiger charge is 2.47. The molecular formula is C28H25NO6. The molecule has 0 aliphatic carbocycles. The Kier molecular flexibility index (Phi) is 6.96. The first-order valence-corrected chi connectivity index (χ1v) is 11.2. The Labute approximate surface area is 203 Å². The van der Waals surface area contributed by atoms with Crippen LogP contribution in [0.4, 0.5) is 5.69 Å². The van der Waals surface area contributed by atoms with Crippen molar-refractivity contribution in [2.45, 2.75) is 19.4 Å². The Morgan fingerprint density at radius 1 is 0.943 bits per heavy atom. The number of esters is 1. The molecule has 3 aromatic carbocycles. The highest BCUT2D eigenvalue weighted by atomic mass is 16.5. The Morgan fingerprint density at radius 2 is 1.66 bits per heavy atom. The van der Waals surface area contributed by atoms with Crippen LogP contribution >= 0.6 is 0 Å². The maximum Gasteiger partial charge on any atom is 0.337 e. The highest BCUT2D eigenvalue weighted by Crippen LogP contribution is 2.42. The monoisotopic (exact) mass is 471 g/mol. The number of ketones is 1. The van der Waals surface area contributed by atoms with Crippen molar-refractivity contribution in [3.8, 4) is 5.75 Å². The summed E-state index contributed by atoms with van der Waals surface area (Å²) in [4.78, 5) is 40.0. The van der Waals surface area contributed by atoms with Gasteiger partial charge in [0.2, 0.25) is 0 Å². The minimum Gasteiger partial charge on any atom is -0.507 e. The Balaban J connectivity index is 1.88. The molecule has 1 N–H and O–H groups in total. The lowest BCUT2D eigenvalue weighted by Crippen LogP contribution is -2.29. The zero-order chi connectivity index (χ0) is 24.9. The molecule has 0 bridgehead atoms. The predicted octanol–water partition coefficient (Wildman–Crippen LogP) is 4.89. The number of nitrogens with zero attached hydrogens (tertiary/aromatic N) is 1. The van der Waals surface area contributed by atoms with Gasteiger partial charge in [-0.2, -0.15) is 0 Å². The summed E-state index contributed by atoms with van der Waals surface area (Å²) < 4.78 is 10.5. The van der Waals surface area contributed by atoms with Gasteiger partial charge in [-0.1, -0.05) is 55.5 Å². The van der Waals surface area contributed by atoms with Crippen LogP contribution in [-0.4, -0.2) is 36.5 Å². The second-order valence-corrected chi connectivity index (χ2v) is 8.00. The van der Waals surface area contributed by atoms with Crippen LogP contribution in [0, 0.1) is 0 Å². The Hall–Kier alpha value is -4.39. The largest absolute Gasteiger partial charge is 0.507 e. The van der Waals surface area contributed by atoms with Crippen molar-refractivity contribution in [2.75, 3.05) is 18.6 Å². The van der Waals surface area contributed by atoms with Crippen molar-refractivity contribution in [2.24, 2.45) is 0 Å². The third kappa shape index (κ3) is 4.66. The molecule has 1 unspecified atom stereocenters. The number of hydrogen-bond donors (Lipinski definition) is 1. The van der Waals surface area contributed by atoms with Crippen molar-refractivity contribution >= 4 is 29.1 Å². The molecule has 0 radical (unpaired) electrons. The number of benzene rings is 3. The molecule has 0 saturated carbocycles. The van der Waals surface area contributed by atoms with E-state index >= 15 is 0 Å². The first-order valence-electron chi connectivity index (χ1n) is 11.2. The zero-order valence-electron chi connectivity index (χ0n) is 19.4. The molecule has 1 aliphatic heterocycles. The third-order valence-corrected chi connectivity index (χ3v) is 5.69. The number of carbonyl (C=O) groups excluding carboxylic acids is 3. The van der Waals surface area contributed by atoms with Gasteiger partial charge in [-0.25, -0.2) is 4.79 Å². The van der Waals surface area contributed by atoms with Gasteiger partial charge in [0, 0.05) is 11.3 Å². The van der Waals surface area contributed by atoms with Gasteiger partial charge >= 0.3 is 5.97 Å². The number of amides is 1. The lowest BCUT2D eigenvalue weighted by Gasteiger charge is -2.25. The summed E-state index contributed by atoms with van der Waals surface area (Å²) in [7, 11) is 1.27. The first-order chi connectivity index (χ1) is 17.0. The van der Waals surface area contributed by atoms with E-state index < -0.39 is 23.7 Å². The van der Waals surface area contributed by atoms with E-state index in [1.54, 1.807) is 66.7 Å². The number of carbonyl (C=O) groups is 3. The summed E-state index contributed by atoms with van der Waals surface area (Å²) in [6.07, 6.45) is 0.819. The standard InChI is InChI=1S/C28H25NO6/c1-3-15-35-22-14-8-11-19(17-22)25(30)23-24(18-9-5-4-6-10-18)29(27(32)26(23)31)21-13-7-12-20(16-21)28(33)34-2/h4-14,16-17,24,30H,3,15H2,1-2H3/b25-23+.